The van der Waals surface area contributed by atoms with E-state index in [4.69, 9.17) is 21.6 Å². The van der Waals surface area contributed by atoms with Gasteiger partial charge >= 0.3 is 0 Å². The number of hydrogen-bond acceptors (Lipinski definition) is 4. The molecule has 0 bridgehead atoms. The molecule has 5 heteroatoms. The van der Waals surface area contributed by atoms with Crippen LogP contribution in [0, 0.1) is 18.3 Å². The zero-order valence-corrected chi connectivity index (χ0v) is 10.7. The van der Waals surface area contributed by atoms with Crippen molar-refractivity contribution in [3.63, 3.8) is 0 Å². The first-order chi connectivity index (χ1) is 8.19. The van der Waals surface area contributed by atoms with Crippen molar-refractivity contribution >= 4 is 22.9 Å². The van der Waals surface area contributed by atoms with Crippen LogP contribution < -0.4 is 4.74 Å². The molecule has 0 amide bonds. The maximum absolute atomic E-state index is 8.71. The molecular weight excluding hydrogens is 256 g/mol. The maximum atomic E-state index is 8.71. The maximum Gasteiger partial charge on any atom is 0.138 e. The summed E-state index contributed by atoms with van der Waals surface area (Å²) in [6, 6.07) is 6.98. The predicted molar refractivity (Wildman–Crippen MR) is 67.4 cm³/mol. The minimum absolute atomic E-state index is 0.385. The molecule has 0 saturated heterocycles. The van der Waals surface area contributed by atoms with Crippen LogP contribution >= 0.6 is 22.9 Å². The van der Waals surface area contributed by atoms with Gasteiger partial charge in [0, 0.05) is 5.38 Å². The third-order valence-electron chi connectivity index (χ3n) is 2.10. The summed E-state index contributed by atoms with van der Waals surface area (Å²) in [7, 11) is 0. The average molecular weight is 265 g/mol. The number of benzene rings is 1. The number of aromatic nitrogens is 1. The van der Waals surface area contributed by atoms with Gasteiger partial charge in [-0.15, -0.1) is 11.3 Å². The summed E-state index contributed by atoms with van der Waals surface area (Å²) < 4.78 is 5.54. The Labute approximate surface area is 108 Å². The number of nitrogens with zero attached hydrogens (tertiary/aromatic N) is 2. The van der Waals surface area contributed by atoms with Gasteiger partial charge in [-0.25, -0.2) is 4.98 Å². The van der Waals surface area contributed by atoms with Crippen LogP contribution in [0.5, 0.6) is 5.75 Å². The second kappa shape index (κ2) is 5.17. The van der Waals surface area contributed by atoms with E-state index in [-0.39, 0.29) is 0 Å². The molecular formula is C12H9ClN2OS. The second-order valence-electron chi connectivity index (χ2n) is 3.40. The Kier molecular flexibility index (Phi) is 3.62. The van der Waals surface area contributed by atoms with Crippen molar-refractivity contribution in [2.24, 2.45) is 0 Å². The molecule has 1 aromatic carbocycles. The SMILES string of the molecule is Cc1nc(COc2ccc(C#N)cc2Cl)cs1. The summed E-state index contributed by atoms with van der Waals surface area (Å²) in [4.78, 5) is 4.29. The number of thiazole rings is 1. The number of hydrogen-bond donors (Lipinski definition) is 0. The van der Waals surface area contributed by atoms with E-state index >= 15 is 0 Å². The number of rotatable bonds is 3. The first-order valence-electron chi connectivity index (χ1n) is 4.92. The first kappa shape index (κ1) is 11.9. The molecule has 2 rings (SSSR count). The molecule has 1 heterocycles. The smallest absolute Gasteiger partial charge is 0.138 e. The lowest BCUT2D eigenvalue weighted by atomic mass is 10.2. The van der Waals surface area contributed by atoms with Crippen LogP contribution in [0.2, 0.25) is 5.02 Å². The number of aryl methyl sites for hydroxylation is 1. The molecule has 0 aliphatic heterocycles. The van der Waals surface area contributed by atoms with Crippen molar-refractivity contribution in [1.29, 1.82) is 5.26 Å². The lowest BCUT2D eigenvalue weighted by Gasteiger charge is -2.06. The molecule has 1 aromatic heterocycles. The fourth-order valence-electron chi connectivity index (χ4n) is 1.31. The van der Waals surface area contributed by atoms with Gasteiger partial charge in [0.2, 0.25) is 0 Å². The highest BCUT2D eigenvalue weighted by Crippen LogP contribution is 2.26. The minimum Gasteiger partial charge on any atom is -0.486 e. The first-order valence-corrected chi connectivity index (χ1v) is 6.18. The topological polar surface area (TPSA) is 45.9 Å². The third kappa shape index (κ3) is 2.96. The monoisotopic (exact) mass is 264 g/mol. The van der Waals surface area contributed by atoms with E-state index in [2.05, 4.69) is 4.98 Å². The van der Waals surface area contributed by atoms with Crippen LogP contribution in [-0.2, 0) is 6.61 Å². The lowest BCUT2D eigenvalue weighted by Crippen LogP contribution is -1.96. The van der Waals surface area contributed by atoms with Crippen LogP contribution in [0.25, 0.3) is 0 Å². The highest BCUT2D eigenvalue weighted by atomic mass is 35.5. The zero-order valence-electron chi connectivity index (χ0n) is 9.11. The summed E-state index contributed by atoms with van der Waals surface area (Å²) in [5, 5.41) is 12.1. The molecule has 0 atom stereocenters. The summed E-state index contributed by atoms with van der Waals surface area (Å²) in [6.45, 7) is 2.33. The standard InChI is InChI=1S/C12H9ClN2OS/c1-8-15-10(7-17-8)6-16-12-3-2-9(5-14)4-11(12)13/h2-4,7H,6H2,1H3. The molecule has 0 unspecified atom stereocenters. The van der Waals surface area contributed by atoms with Crippen LogP contribution in [0.1, 0.15) is 16.3 Å². The van der Waals surface area contributed by atoms with Gasteiger partial charge < -0.3 is 4.74 Å². The number of ether oxygens (including phenoxy) is 1. The molecule has 0 fully saturated rings. The van der Waals surface area contributed by atoms with Gasteiger partial charge in [-0.3, -0.25) is 0 Å². The Bertz CT molecular complexity index is 574. The number of nitriles is 1. The summed E-state index contributed by atoms with van der Waals surface area (Å²) in [5.74, 6) is 0.566. The van der Waals surface area contributed by atoms with E-state index in [1.165, 1.54) is 0 Å². The Morgan fingerprint density at radius 2 is 2.35 bits per heavy atom. The molecule has 86 valence electrons. The van der Waals surface area contributed by atoms with E-state index in [1.807, 2.05) is 18.4 Å². The van der Waals surface area contributed by atoms with Gasteiger partial charge in [-0.1, -0.05) is 11.6 Å². The van der Waals surface area contributed by atoms with Crippen LogP contribution in [0.15, 0.2) is 23.6 Å². The van der Waals surface area contributed by atoms with Crippen LogP contribution in [-0.4, -0.2) is 4.98 Å². The predicted octanol–water partition coefficient (Wildman–Crippen LogP) is 3.56. The molecule has 17 heavy (non-hydrogen) atoms. The summed E-state index contributed by atoms with van der Waals surface area (Å²) in [6.07, 6.45) is 0. The Morgan fingerprint density at radius 1 is 1.53 bits per heavy atom. The molecule has 0 radical (unpaired) electrons. The van der Waals surface area contributed by atoms with Crippen molar-refractivity contribution in [3.8, 4) is 11.8 Å². The van der Waals surface area contributed by atoms with Crippen molar-refractivity contribution < 1.29 is 4.74 Å². The largest absolute Gasteiger partial charge is 0.486 e. The van der Waals surface area contributed by atoms with E-state index in [1.54, 1.807) is 29.5 Å². The molecule has 0 N–H and O–H groups in total. The Balaban J connectivity index is 2.07. The van der Waals surface area contributed by atoms with E-state index < -0.39 is 0 Å². The summed E-state index contributed by atoms with van der Waals surface area (Å²) in [5.41, 5.74) is 1.40. The zero-order chi connectivity index (χ0) is 12.3. The Morgan fingerprint density at radius 3 is 2.94 bits per heavy atom. The molecule has 0 aliphatic rings. The third-order valence-corrected chi connectivity index (χ3v) is 3.22. The molecule has 0 aliphatic carbocycles. The van der Waals surface area contributed by atoms with Gasteiger partial charge in [0.1, 0.15) is 12.4 Å². The quantitative estimate of drug-likeness (QED) is 0.852. The van der Waals surface area contributed by atoms with Crippen molar-refractivity contribution in [3.05, 3.63) is 44.9 Å². The minimum atomic E-state index is 0.385. The molecule has 0 spiro atoms. The highest BCUT2D eigenvalue weighted by Gasteiger charge is 2.04. The van der Waals surface area contributed by atoms with E-state index in [0.717, 1.165) is 10.7 Å². The van der Waals surface area contributed by atoms with Gasteiger partial charge in [0.05, 0.1) is 27.4 Å². The fourth-order valence-corrected chi connectivity index (χ4v) is 2.15. The molecule has 0 saturated carbocycles. The lowest BCUT2D eigenvalue weighted by molar-refractivity contribution is 0.302. The molecule has 3 nitrogen and oxygen atoms in total. The van der Waals surface area contributed by atoms with Crippen molar-refractivity contribution in [2.45, 2.75) is 13.5 Å². The van der Waals surface area contributed by atoms with Gasteiger partial charge in [-0.2, -0.15) is 5.26 Å². The van der Waals surface area contributed by atoms with Gasteiger partial charge in [0.15, 0.2) is 0 Å². The summed E-state index contributed by atoms with van der Waals surface area (Å²) >= 11 is 7.57. The van der Waals surface area contributed by atoms with Gasteiger partial charge in [-0.05, 0) is 25.1 Å². The van der Waals surface area contributed by atoms with E-state index in [0.29, 0.717) is 22.9 Å². The second-order valence-corrected chi connectivity index (χ2v) is 4.87. The fraction of sp³-hybridized carbons (Fsp3) is 0.167. The average Bonchev–Trinajstić information content (AvgIpc) is 2.73. The van der Waals surface area contributed by atoms with Crippen LogP contribution in [0.4, 0.5) is 0 Å². The highest BCUT2D eigenvalue weighted by molar-refractivity contribution is 7.09. The van der Waals surface area contributed by atoms with Crippen molar-refractivity contribution in [2.75, 3.05) is 0 Å². The van der Waals surface area contributed by atoms with Gasteiger partial charge in [0.25, 0.3) is 0 Å². The van der Waals surface area contributed by atoms with Crippen molar-refractivity contribution in [1.82, 2.24) is 4.98 Å². The van der Waals surface area contributed by atoms with Crippen LogP contribution in [0.3, 0.4) is 0 Å². The molecule has 2 aromatic rings. The number of halogens is 1. The Hall–Kier alpha value is -1.57. The van der Waals surface area contributed by atoms with E-state index in [9.17, 15) is 0 Å². The normalized spacial score (nSPS) is 9.94.